The molecule has 0 N–H and O–H groups in total. The van der Waals surface area contributed by atoms with Crippen molar-refractivity contribution in [1.82, 2.24) is 4.90 Å². The second-order valence-electron chi connectivity index (χ2n) is 5.15. The van der Waals surface area contributed by atoms with Gasteiger partial charge in [-0.2, -0.15) is 0 Å². The molecular formula is C15H20N2O2. The molecule has 2 rings (SSSR count). The van der Waals surface area contributed by atoms with Crippen LogP contribution < -0.4 is 4.90 Å². The topological polar surface area (TPSA) is 40.6 Å². The van der Waals surface area contributed by atoms with Gasteiger partial charge in [0.1, 0.15) is 0 Å². The van der Waals surface area contributed by atoms with Crippen molar-refractivity contribution >= 4 is 18.0 Å². The first-order valence-corrected chi connectivity index (χ1v) is 6.65. The van der Waals surface area contributed by atoms with Crippen LogP contribution in [0.3, 0.4) is 0 Å². The summed E-state index contributed by atoms with van der Waals surface area (Å²) in [6, 6.07) is 7.95. The number of benzene rings is 1. The maximum absolute atomic E-state index is 12.4. The van der Waals surface area contributed by atoms with Crippen LogP contribution in [0.5, 0.6) is 0 Å². The fraction of sp³-hybridized carbons (Fsp3) is 0.467. The summed E-state index contributed by atoms with van der Waals surface area (Å²) in [5.74, 6) is 0.178. The fourth-order valence-corrected chi connectivity index (χ4v) is 2.42. The molecule has 1 fully saturated rings. The Labute approximate surface area is 114 Å². The first kappa shape index (κ1) is 13.6. The quantitative estimate of drug-likeness (QED) is 0.778. The third-order valence-corrected chi connectivity index (χ3v) is 3.78. The number of amides is 2. The van der Waals surface area contributed by atoms with Crippen molar-refractivity contribution < 1.29 is 9.59 Å². The number of hydrogen-bond acceptors (Lipinski definition) is 2. The molecular weight excluding hydrogens is 240 g/mol. The smallest absolute Gasteiger partial charge is 0.229 e. The molecule has 0 aliphatic carbocycles. The highest BCUT2D eigenvalue weighted by atomic mass is 16.2. The number of carbonyl (C=O) groups excluding carboxylic acids is 2. The van der Waals surface area contributed by atoms with Gasteiger partial charge in [0.2, 0.25) is 12.3 Å². The first-order valence-electron chi connectivity index (χ1n) is 6.65. The van der Waals surface area contributed by atoms with E-state index >= 15 is 0 Å². The molecule has 19 heavy (non-hydrogen) atoms. The molecule has 1 aliphatic rings. The molecule has 1 heterocycles. The lowest BCUT2D eigenvalue weighted by Crippen LogP contribution is -2.40. The molecule has 0 bridgehead atoms. The summed E-state index contributed by atoms with van der Waals surface area (Å²) in [6.45, 7) is 3.39. The Morgan fingerprint density at radius 1 is 1.26 bits per heavy atom. The first-order chi connectivity index (χ1) is 9.11. The number of rotatable bonds is 3. The van der Waals surface area contributed by atoms with Crippen LogP contribution in [-0.2, 0) is 9.59 Å². The monoisotopic (exact) mass is 260 g/mol. The van der Waals surface area contributed by atoms with Gasteiger partial charge in [-0.05, 0) is 31.9 Å². The van der Waals surface area contributed by atoms with Gasteiger partial charge in [-0.25, -0.2) is 0 Å². The Hall–Kier alpha value is -1.84. The average Bonchev–Trinajstić information content (AvgIpc) is 2.46. The molecule has 1 aromatic rings. The summed E-state index contributed by atoms with van der Waals surface area (Å²) in [5, 5.41) is 0. The van der Waals surface area contributed by atoms with Crippen LogP contribution in [0.15, 0.2) is 24.3 Å². The molecule has 2 amide bonds. The second kappa shape index (κ2) is 5.87. The zero-order valence-electron chi connectivity index (χ0n) is 11.5. The highest BCUT2D eigenvalue weighted by Crippen LogP contribution is 2.22. The molecule has 0 aromatic heterocycles. The van der Waals surface area contributed by atoms with Gasteiger partial charge < -0.3 is 9.80 Å². The molecule has 0 spiro atoms. The molecule has 0 unspecified atom stereocenters. The summed E-state index contributed by atoms with van der Waals surface area (Å²) in [7, 11) is 1.82. The molecule has 102 valence electrons. The van der Waals surface area contributed by atoms with Crippen molar-refractivity contribution in [1.29, 1.82) is 0 Å². The molecule has 1 saturated heterocycles. The van der Waals surface area contributed by atoms with Gasteiger partial charge >= 0.3 is 0 Å². The second-order valence-corrected chi connectivity index (χ2v) is 5.15. The van der Waals surface area contributed by atoms with E-state index in [-0.39, 0.29) is 11.8 Å². The SMILES string of the molecule is Cc1ccc(N(C)C(=O)C2CCN(C=O)CC2)cc1. The number of aryl methyl sites for hydroxylation is 1. The lowest BCUT2D eigenvalue weighted by molar-refractivity contribution is -0.126. The zero-order chi connectivity index (χ0) is 13.8. The van der Waals surface area contributed by atoms with E-state index in [2.05, 4.69) is 0 Å². The molecule has 4 heteroatoms. The molecule has 4 nitrogen and oxygen atoms in total. The average molecular weight is 260 g/mol. The lowest BCUT2D eigenvalue weighted by Gasteiger charge is -2.31. The minimum absolute atomic E-state index is 0.0301. The molecule has 0 atom stereocenters. The van der Waals surface area contributed by atoms with Crippen molar-refractivity contribution in [2.75, 3.05) is 25.0 Å². The Morgan fingerprint density at radius 3 is 2.37 bits per heavy atom. The van der Waals surface area contributed by atoms with Crippen molar-refractivity contribution in [2.45, 2.75) is 19.8 Å². The van der Waals surface area contributed by atoms with Crippen LogP contribution in [-0.4, -0.2) is 37.4 Å². The van der Waals surface area contributed by atoms with E-state index in [9.17, 15) is 9.59 Å². The van der Waals surface area contributed by atoms with E-state index in [1.165, 1.54) is 5.56 Å². The third-order valence-electron chi connectivity index (χ3n) is 3.78. The summed E-state index contributed by atoms with van der Waals surface area (Å²) in [4.78, 5) is 26.5. The van der Waals surface area contributed by atoms with Crippen LogP contribution >= 0.6 is 0 Å². The van der Waals surface area contributed by atoms with E-state index in [1.54, 1.807) is 9.80 Å². The fourth-order valence-electron chi connectivity index (χ4n) is 2.42. The van der Waals surface area contributed by atoms with Crippen LogP contribution in [0.4, 0.5) is 5.69 Å². The van der Waals surface area contributed by atoms with Gasteiger partial charge in [-0.1, -0.05) is 17.7 Å². The predicted octanol–water partition coefficient (Wildman–Crippen LogP) is 1.83. The molecule has 0 radical (unpaired) electrons. The number of nitrogens with zero attached hydrogens (tertiary/aromatic N) is 2. The number of piperidine rings is 1. The van der Waals surface area contributed by atoms with Gasteiger partial charge in [-0.15, -0.1) is 0 Å². The van der Waals surface area contributed by atoms with Crippen LogP contribution in [0.1, 0.15) is 18.4 Å². The van der Waals surface area contributed by atoms with Gasteiger partial charge in [0, 0.05) is 31.7 Å². The Kier molecular flexibility index (Phi) is 4.20. The number of hydrogen-bond donors (Lipinski definition) is 0. The van der Waals surface area contributed by atoms with Crippen molar-refractivity contribution in [3.8, 4) is 0 Å². The van der Waals surface area contributed by atoms with Crippen molar-refractivity contribution in [3.63, 3.8) is 0 Å². The highest BCUT2D eigenvalue weighted by Gasteiger charge is 2.27. The van der Waals surface area contributed by atoms with Crippen LogP contribution in [0, 0.1) is 12.8 Å². The lowest BCUT2D eigenvalue weighted by atomic mass is 9.95. The Morgan fingerprint density at radius 2 is 1.84 bits per heavy atom. The predicted molar refractivity (Wildman–Crippen MR) is 75.0 cm³/mol. The number of carbonyl (C=O) groups is 2. The van der Waals surface area contributed by atoms with Crippen molar-refractivity contribution in [3.05, 3.63) is 29.8 Å². The van der Waals surface area contributed by atoms with E-state index in [0.29, 0.717) is 13.1 Å². The summed E-state index contributed by atoms with van der Waals surface area (Å²) in [6.07, 6.45) is 2.38. The van der Waals surface area contributed by atoms with E-state index in [4.69, 9.17) is 0 Å². The Balaban J connectivity index is 1.99. The maximum atomic E-state index is 12.4. The summed E-state index contributed by atoms with van der Waals surface area (Å²) in [5.41, 5.74) is 2.11. The third kappa shape index (κ3) is 3.13. The maximum Gasteiger partial charge on any atom is 0.229 e. The minimum Gasteiger partial charge on any atom is -0.345 e. The van der Waals surface area contributed by atoms with Gasteiger partial charge in [0.15, 0.2) is 0 Å². The van der Waals surface area contributed by atoms with Crippen LogP contribution in [0.25, 0.3) is 0 Å². The van der Waals surface area contributed by atoms with Gasteiger partial charge in [-0.3, -0.25) is 9.59 Å². The normalized spacial score (nSPS) is 16.2. The van der Waals surface area contributed by atoms with E-state index < -0.39 is 0 Å². The van der Waals surface area contributed by atoms with Crippen molar-refractivity contribution in [2.24, 2.45) is 5.92 Å². The summed E-state index contributed by atoms with van der Waals surface area (Å²) < 4.78 is 0. The number of likely N-dealkylation sites (tertiary alicyclic amines) is 1. The zero-order valence-corrected chi connectivity index (χ0v) is 11.5. The Bertz CT molecular complexity index is 448. The van der Waals surface area contributed by atoms with E-state index in [1.807, 2.05) is 38.2 Å². The van der Waals surface area contributed by atoms with Gasteiger partial charge in [0.05, 0.1) is 0 Å². The number of anilines is 1. The highest BCUT2D eigenvalue weighted by molar-refractivity contribution is 5.94. The van der Waals surface area contributed by atoms with Gasteiger partial charge in [0.25, 0.3) is 0 Å². The molecule has 0 saturated carbocycles. The molecule has 1 aliphatic heterocycles. The van der Waals surface area contributed by atoms with Crippen LogP contribution in [0.2, 0.25) is 0 Å². The molecule has 1 aromatic carbocycles. The summed E-state index contributed by atoms with van der Waals surface area (Å²) >= 11 is 0. The van der Waals surface area contributed by atoms with E-state index in [0.717, 1.165) is 24.9 Å². The standard InChI is InChI=1S/C15H20N2O2/c1-12-3-5-14(6-4-12)16(2)15(19)13-7-9-17(11-18)10-8-13/h3-6,11,13H,7-10H2,1-2H3. The largest absolute Gasteiger partial charge is 0.345 e. The minimum atomic E-state index is 0.0301.